The minimum absolute atomic E-state index is 0.495. The normalized spacial score (nSPS) is 11.0. The van der Waals surface area contributed by atoms with E-state index in [0.29, 0.717) is 23.6 Å². The Bertz CT molecular complexity index is 1490. The van der Waals surface area contributed by atoms with Crippen molar-refractivity contribution < 1.29 is 9.26 Å². The van der Waals surface area contributed by atoms with Gasteiger partial charge < -0.3 is 13.8 Å². The summed E-state index contributed by atoms with van der Waals surface area (Å²) in [7, 11) is 0. The van der Waals surface area contributed by atoms with Gasteiger partial charge in [-0.1, -0.05) is 41.6 Å². The zero-order valence-corrected chi connectivity index (χ0v) is 18.7. The third-order valence-electron chi connectivity index (χ3n) is 5.71. The second-order valence-electron chi connectivity index (χ2n) is 7.77. The highest BCUT2D eigenvalue weighted by Crippen LogP contribution is 2.38. The van der Waals surface area contributed by atoms with Crippen LogP contribution in [0, 0.1) is 25.2 Å². The summed E-state index contributed by atoms with van der Waals surface area (Å²) in [5.41, 5.74) is 7.61. The average Bonchev–Trinajstić information content (AvgIpc) is 3.38. The fraction of sp³-hybridized carbons (Fsp3) is 0.148. The van der Waals surface area contributed by atoms with E-state index in [9.17, 15) is 5.26 Å². The van der Waals surface area contributed by atoms with Gasteiger partial charge in [0.1, 0.15) is 23.3 Å². The second kappa shape index (κ2) is 8.29. The zero-order chi connectivity index (χ0) is 22.9. The lowest BCUT2D eigenvalue weighted by Gasteiger charge is -2.14. The smallest absolute Gasteiger partial charge is 0.144 e. The molecular weight excluding hydrogens is 412 g/mol. The first-order chi connectivity index (χ1) is 16.1. The number of hydrogen-bond acceptors (Lipinski definition) is 5. The standard InChI is InChI=1S/C27H22N4O2/c1-4-32-24-12-8-11-20(14-28)27(24)31-16-22(19-9-6-5-7-10-19)26-23(31)13-21(15-29-26)25-17(2)30-33-18(25)3/h5-13,15-16H,4H2,1-3H3. The quantitative estimate of drug-likeness (QED) is 0.327. The maximum atomic E-state index is 9.89. The van der Waals surface area contributed by atoms with Crippen LogP contribution in [0.3, 0.4) is 0 Å². The Morgan fingerprint density at radius 1 is 1.06 bits per heavy atom. The molecule has 0 unspecified atom stereocenters. The van der Waals surface area contributed by atoms with Crippen molar-refractivity contribution in [3.63, 3.8) is 0 Å². The molecule has 6 heteroatoms. The van der Waals surface area contributed by atoms with Gasteiger partial charge in [0.15, 0.2) is 0 Å². The fourth-order valence-corrected chi connectivity index (χ4v) is 4.28. The molecule has 0 aliphatic heterocycles. The van der Waals surface area contributed by atoms with E-state index in [2.05, 4.69) is 29.4 Å². The van der Waals surface area contributed by atoms with Crippen molar-refractivity contribution in [3.8, 4) is 39.8 Å². The van der Waals surface area contributed by atoms with E-state index in [1.165, 1.54) is 0 Å². The number of aromatic nitrogens is 3. The molecule has 0 atom stereocenters. The van der Waals surface area contributed by atoms with E-state index >= 15 is 0 Å². The van der Waals surface area contributed by atoms with Crippen LogP contribution < -0.4 is 4.74 Å². The molecule has 0 aliphatic rings. The predicted molar refractivity (Wildman–Crippen MR) is 127 cm³/mol. The molecule has 3 aromatic heterocycles. The fourth-order valence-electron chi connectivity index (χ4n) is 4.28. The number of hydrogen-bond donors (Lipinski definition) is 0. The van der Waals surface area contributed by atoms with E-state index in [0.717, 1.165) is 44.7 Å². The lowest BCUT2D eigenvalue weighted by Crippen LogP contribution is -2.02. The van der Waals surface area contributed by atoms with Crippen molar-refractivity contribution in [3.05, 3.63) is 84.0 Å². The summed E-state index contributed by atoms with van der Waals surface area (Å²) in [6, 6.07) is 20.0. The summed E-state index contributed by atoms with van der Waals surface area (Å²) in [6.45, 7) is 6.24. The van der Waals surface area contributed by atoms with Crippen LogP contribution in [-0.4, -0.2) is 21.3 Å². The minimum Gasteiger partial charge on any atom is -0.492 e. The molecule has 0 spiro atoms. The molecule has 5 aromatic rings. The van der Waals surface area contributed by atoms with Crippen LogP contribution in [0.4, 0.5) is 0 Å². The van der Waals surface area contributed by atoms with E-state index in [-0.39, 0.29) is 0 Å². The van der Waals surface area contributed by atoms with Crippen molar-refractivity contribution in [1.82, 2.24) is 14.7 Å². The highest BCUT2D eigenvalue weighted by molar-refractivity contribution is 5.96. The summed E-state index contributed by atoms with van der Waals surface area (Å²) >= 11 is 0. The number of rotatable bonds is 5. The van der Waals surface area contributed by atoms with Gasteiger partial charge in [-0.3, -0.25) is 4.98 Å². The Balaban J connectivity index is 1.86. The molecule has 0 fully saturated rings. The average molecular weight is 434 g/mol. The van der Waals surface area contributed by atoms with Gasteiger partial charge in [-0.05, 0) is 44.5 Å². The van der Waals surface area contributed by atoms with E-state index in [4.69, 9.17) is 14.2 Å². The summed E-state index contributed by atoms with van der Waals surface area (Å²) in [6.07, 6.45) is 3.88. The largest absolute Gasteiger partial charge is 0.492 e. The summed E-state index contributed by atoms with van der Waals surface area (Å²) < 4.78 is 13.3. The Morgan fingerprint density at radius 3 is 2.58 bits per heavy atom. The Hall–Kier alpha value is -4.37. The van der Waals surface area contributed by atoms with Gasteiger partial charge >= 0.3 is 0 Å². The van der Waals surface area contributed by atoms with E-state index in [1.54, 1.807) is 6.07 Å². The molecule has 0 amide bonds. The van der Waals surface area contributed by atoms with Crippen molar-refractivity contribution in [2.45, 2.75) is 20.8 Å². The number of fused-ring (bicyclic) bond motifs is 1. The van der Waals surface area contributed by atoms with Crippen LogP contribution >= 0.6 is 0 Å². The first-order valence-electron chi connectivity index (χ1n) is 10.8. The van der Waals surface area contributed by atoms with Gasteiger partial charge in [-0.2, -0.15) is 5.26 Å². The SMILES string of the molecule is CCOc1cccc(C#N)c1-n1cc(-c2ccccc2)c2ncc(-c3c(C)noc3C)cc21. The number of pyridine rings is 1. The summed E-state index contributed by atoms with van der Waals surface area (Å²) in [5.74, 6) is 1.39. The Morgan fingerprint density at radius 2 is 1.88 bits per heavy atom. The number of nitriles is 1. The molecule has 162 valence electrons. The van der Waals surface area contributed by atoms with Crippen LogP contribution in [0.15, 0.2) is 71.5 Å². The lowest BCUT2D eigenvalue weighted by atomic mass is 10.0. The van der Waals surface area contributed by atoms with Crippen LogP contribution in [0.5, 0.6) is 5.75 Å². The molecule has 0 aliphatic carbocycles. The Kier molecular flexibility index (Phi) is 5.15. The van der Waals surface area contributed by atoms with Gasteiger partial charge in [0.25, 0.3) is 0 Å². The third-order valence-corrected chi connectivity index (χ3v) is 5.71. The van der Waals surface area contributed by atoms with Gasteiger partial charge in [0.2, 0.25) is 0 Å². The van der Waals surface area contributed by atoms with Gasteiger partial charge in [0, 0.05) is 29.1 Å². The maximum Gasteiger partial charge on any atom is 0.144 e. The molecule has 5 rings (SSSR count). The molecule has 2 aromatic carbocycles. The molecule has 33 heavy (non-hydrogen) atoms. The second-order valence-corrected chi connectivity index (χ2v) is 7.77. The molecular formula is C27H22N4O2. The van der Waals surface area contributed by atoms with Gasteiger partial charge in [-0.15, -0.1) is 0 Å². The van der Waals surface area contributed by atoms with E-state index < -0.39 is 0 Å². The van der Waals surface area contributed by atoms with Gasteiger partial charge in [-0.25, -0.2) is 0 Å². The Labute approximate surface area is 191 Å². The lowest BCUT2D eigenvalue weighted by molar-refractivity contribution is 0.339. The van der Waals surface area contributed by atoms with Gasteiger partial charge in [0.05, 0.1) is 28.9 Å². The number of aryl methyl sites for hydroxylation is 2. The third kappa shape index (κ3) is 3.44. The molecule has 0 radical (unpaired) electrons. The number of ether oxygens (including phenoxy) is 1. The van der Waals surface area contributed by atoms with Crippen LogP contribution in [0.25, 0.3) is 39.0 Å². The van der Waals surface area contributed by atoms with Crippen molar-refractivity contribution in [1.29, 1.82) is 5.26 Å². The number of benzene rings is 2. The topological polar surface area (TPSA) is 76.9 Å². The molecule has 0 N–H and O–H groups in total. The highest BCUT2D eigenvalue weighted by Gasteiger charge is 2.20. The maximum absolute atomic E-state index is 9.89. The van der Waals surface area contributed by atoms with E-state index in [1.807, 2.05) is 68.1 Å². The highest BCUT2D eigenvalue weighted by atomic mass is 16.5. The van der Waals surface area contributed by atoms with Crippen LogP contribution in [0.2, 0.25) is 0 Å². The first kappa shape index (κ1) is 20.5. The van der Waals surface area contributed by atoms with Crippen LogP contribution in [0.1, 0.15) is 23.9 Å². The minimum atomic E-state index is 0.495. The van der Waals surface area contributed by atoms with Crippen LogP contribution in [-0.2, 0) is 0 Å². The predicted octanol–water partition coefficient (Wildman–Crippen LogP) is 6.23. The number of para-hydroxylation sites is 1. The summed E-state index contributed by atoms with van der Waals surface area (Å²) in [4.78, 5) is 4.86. The first-order valence-corrected chi connectivity index (χ1v) is 10.8. The summed E-state index contributed by atoms with van der Waals surface area (Å²) in [5, 5.41) is 14.0. The molecule has 0 saturated carbocycles. The molecule has 3 heterocycles. The van der Waals surface area contributed by atoms with Crippen molar-refractivity contribution >= 4 is 11.0 Å². The zero-order valence-electron chi connectivity index (χ0n) is 18.7. The molecule has 0 bridgehead atoms. The molecule has 0 saturated heterocycles. The number of nitrogens with zero attached hydrogens (tertiary/aromatic N) is 4. The monoisotopic (exact) mass is 434 g/mol. The van der Waals surface area contributed by atoms with Crippen molar-refractivity contribution in [2.24, 2.45) is 0 Å². The molecule has 6 nitrogen and oxygen atoms in total. The van der Waals surface area contributed by atoms with Crippen molar-refractivity contribution in [2.75, 3.05) is 6.61 Å².